The van der Waals surface area contributed by atoms with Gasteiger partial charge in [-0.25, -0.2) is 9.36 Å². The van der Waals surface area contributed by atoms with Crippen molar-refractivity contribution in [2.24, 2.45) is 0 Å². The molecule has 1 fully saturated rings. The van der Waals surface area contributed by atoms with Crippen LogP contribution in [0.1, 0.15) is 6.04 Å². The number of nitrogens with one attached hydrogen (secondary N) is 1. The fourth-order valence-corrected chi connectivity index (χ4v) is 3.29. The minimum atomic E-state index is -4.73. The molecular formula is C9H13N2O9P2S+. The highest BCUT2D eigenvalue weighted by Crippen LogP contribution is 2.41. The van der Waals surface area contributed by atoms with Crippen LogP contribution in [0.25, 0.3) is 0 Å². The summed E-state index contributed by atoms with van der Waals surface area (Å²) in [6.07, 6.45) is -0.799. The number of H-pyrrole nitrogens is 1. The van der Waals surface area contributed by atoms with E-state index >= 15 is 0 Å². The van der Waals surface area contributed by atoms with Gasteiger partial charge < -0.3 is 14.5 Å². The van der Waals surface area contributed by atoms with E-state index in [1.54, 1.807) is 0 Å². The second-order valence-electron chi connectivity index (χ2n) is 4.55. The van der Waals surface area contributed by atoms with Gasteiger partial charge in [0.25, 0.3) is 5.56 Å². The summed E-state index contributed by atoms with van der Waals surface area (Å²) in [6, 6.07) is 0.328. The highest BCUT2D eigenvalue weighted by Gasteiger charge is 2.45. The zero-order valence-electron chi connectivity index (χ0n) is 11.3. The average molecular weight is 387 g/mol. The van der Waals surface area contributed by atoms with Crippen LogP contribution >= 0.6 is 27.3 Å². The Kier molecular flexibility index (Phi) is 5.93. The highest BCUT2D eigenvalue weighted by atomic mass is 32.7. The maximum Gasteiger partial charge on any atom is 0.582 e. The molecule has 1 saturated heterocycles. The fourth-order valence-electron chi connectivity index (χ4n) is 2.14. The van der Waals surface area contributed by atoms with Crippen LogP contribution in [-0.2, 0) is 22.9 Å². The molecule has 0 aromatic carbocycles. The summed E-state index contributed by atoms with van der Waals surface area (Å²) in [6.45, 7) is -0.622. The summed E-state index contributed by atoms with van der Waals surface area (Å²) in [7, 11) is -7.11. The molecule has 0 bridgehead atoms. The van der Waals surface area contributed by atoms with Gasteiger partial charge in [0.05, 0.1) is 19.3 Å². The Bertz CT molecular complexity index is 743. The molecule has 0 radical (unpaired) electrons. The molecule has 23 heavy (non-hydrogen) atoms. The Morgan fingerprint density at radius 1 is 1.52 bits per heavy atom. The van der Waals surface area contributed by atoms with Crippen molar-refractivity contribution in [3.8, 4) is 0 Å². The minimum absolute atomic E-state index is 0.0806. The molecule has 1 aliphatic heterocycles. The Morgan fingerprint density at radius 3 is 2.78 bits per heavy atom. The molecule has 1 aliphatic rings. The van der Waals surface area contributed by atoms with Gasteiger partial charge in [-0.15, -0.1) is 4.52 Å². The van der Waals surface area contributed by atoms with E-state index < -0.39 is 51.2 Å². The van der Waals surface area contributed by atoms with E-state index in [1.165, 1.54) is 6.20 Å². The molecule has 2 heterocycles. The molecule has 128 valence electrons. The molecule has 0 spiro atoms. The number of thiol groups is 1. The van der Waals surface area contributed by atoms with Crippen molar-refractivity contribution < 1.29 is 32.7 Å². The summed E-state index contributed by atoms with van der Waals surface area (Å²) >= 11 is 3.63. The summed E-state index contributed by atoms with van der Waals surface area (Å²) in [5, 5.41) is 0. The van der Waals surface area contributed by atoms with E-state index in [1.807, 2.05) is 0 Å². The van der Waals surface area contributed by atoms with Crippen molar-refractivity contribution in [3.05, 3.63) is 33.1 Å². The maximum absolute atomic E-state index is 11.8. The molecule has 1 aromatic rings. The maximum atomic E-state index is 11.8. The van der Waals surface area contributed by atoms with E-state index in [0.29, 0.717) is 0 Å². The predicted octanol–water partition coefficient (Wildman–Crippen LogP) is -0.442. The molecule has 14 heteroatoms. The minimum Gasteiger partial charge on any atom is -0.371 e. The number of hydrogen-bond donors (Lipinski definition) is 4. The van der Waals surface area contributed by atoms with Crippen molar-refractivity contribution in [1.29, 1.82) is 0 Å². The number of aromatic nitrogens is 2. The van der Waals surface area contributed by atoms with Gasteiger partial charge in [-0.05, 0) is 4.57 Å². The number of phosphoric acid groups is 1. The molecule has 0 saturated carbocycles. The topological polar surface area (TPSA) is 157 Å². The van der Waals surface area contributed by atoms with Crippen molar-refractivity contribution in [2.75, 3.05) is 13.2 Å². The van der Waals surface area contributed by atoms with Crippen molar-refractivity contribution in [2.45, 2.75) is 18.2 Å². The number of rotatable bonds is 6. The number of ether oxygens (including phenoxy) is 1. The van der Waals surface area contributed by atoms with Crippen LogP contribution < -0.4 is 11.2 Å². The smallest absolute Gasteiger partial charge is 0.371 e. The van der Waals surface area contributed by atoms with Crippen LogP contribution in [0.5, 0.6) is 0 Å². The highest BCUT2D eigenvalue weighted by molar-refractivity contribution is 8.39. The summed E-state index contributed by atoms with van der Waals surface area (Å²) in [4.78, 5) is 42.4. The van der Waals surface area contributed by atoms with Crippen molar-refractivity contribution >= 4 is 27.3 Å². The lowest BCUT2D eigenvalue weighted by Gasteiger charge is -2.19. The van der Waals surface area contributed by atoms with Crippen LogP contribution in [-0.4, -0.2) is 44.8 Å². The van der Waals surface area contributed by atoms with Crippen molar-refractivity contribution in [1.82, 2.24) is 9.55 Å². The van der Waals surface area contributed by atoms with Gasteiger partial charge in [-0.2, -0.15) is 0 Å². The van der Waals surface area contributed by atoms with Crippen LogP contribution in [0.3, 0.4) is 0 Å². The largest absolute Gasteiger partial charge is 0.582 e. The summed E-state index contributed by atoms with van der Waals surface area (Å²) in [5.74, 6) is 0. The Hall–Kier alpha value is -0.840. The van der Waals surface area contributed by atoms with Crippen LogP contribution in [0.4, 0.5) is 0 Å². The van der Waals surface area contributed by atoms with E-state index in [0.717, 1.165) is 10.6 Å². The van der Waals surface area contributed by atoms with E-state index in [4.69, 9.17) is 19.0 Å². The molecule has 2 rings (SSSR count). The summed E-state index contributed by atoms with van der Waals surface area (Å²) < 4.78 is 37.9. The third-order valence-electron chi connectivity index (χ3n) is 3.05. The molecule has 3 N–H and O–H groups in total. The lowest BCUT2D eigenvalue weighted by molar-refractivity contribution is 0.0142. The average Bonchev–Trinajstić information content (AvgIpc) is 2.78. The summed E-state index contributed by atoms with van der Waals surface area (Å²) in [5.41, 5.74) is -1.32. The monoisotopic (exact) mass is 387 g/mol. The van der Waals surface area contributed by atoms with E-state index in [2.05, 4.69) is 21.8 Å². The first-order valence-corrected chi connectivity index (χ1v) is 9.99. The van der Waals surface area contributed by atoms with Gasteiger partial charge in [-0.3, -0.25) is 18.9 Å². The Labute approximate surface area is 134 Å². The lowest BCUT2D eigenvalue weighted by atomic mass is 10.1. The molecular weight excluding hydrogens is 374 g/mol. The molecule has 0 amide bonds. The number of hydrogen-bond acceptors (Lipinski definition) is 7. The number of aromatic amines is 1. The standard InChI is InChI=1S/C9H12N2O9P2S/c12-7-1-2-11(9(13)10-7)5-3-18-6(4-19-22(15,16)17)8(5)20-21(14)23/h1-2,5-6,8H,3-4H2,(H3-,10,12,13,14,15,16,17,23)/p+1/t5-,6+,8?/m0/s1. The third kappa shape index (κ3) is 5.07. The van der Waals surface area contributed by atoms with Crippen LogP contribution in [0.15, 0.2) is 21.9 Å². The Morgan fingerprint density at radius 2 is 2.22 bits per heavy atom. The quantitative estimate of drug-likeness (QED) is 0.375. The number of phosphoric ester groups is 1. The van der Waals surface area contributed by atoms with Crippen LogP contribution in [0, 0.1) is 0 Å². The lowest BCUT2D eigenvalue weighted by Crippen LogP contribution is -2.39. The van der Waals surface area contributed by atoms with Gasteiger partial charge in [0.15, 0.2) is 6.10 Å². The van der Waals surface area contributed by atoms with Crippen LogP contribution in [0.2, 0.25) is 0 Å². The van der Waals surface area contributed by atoms with Gasteiger partial charge in [0.1, 0.15) is 18.4 Å². The second kappa shape index (κ2) is 7.37. The molecule has 0 aliphatic carbocycles. The first kappa shape index (κ1) is 18.5. The molecule has 4 atom stereocenters. The van der Waals surface area contributed by atoms with E-state index in [9.17, 15) is 18.7 Å². The van der Waals surface area contributed by atoms with Crippen molar-refractivity contribution in [3.63, 3.8) is 0 Å². The SMILES string of the molecule is O=c1ccn([C@H]2CO[C@H](COP(=O)(O)O)C2O[P+](=O)S)c(=O)[nH]1. The zero-order valence-corrected chi connectivity index (χ0v) is 14.0. The van der Waals surface area contributed by atoms with E-state index in [-0.39, 0.29) is 6.61 Å². The van der Waals surface area contributed by atoms with Gasteiger partial charge in [0, 0.05) is 12.3 Å². The second-order valence-corrected chi connectivity index (χ2v) is 7.46. The van der Waals surface area contributed by atoms with Gasteiger partial charge >= 0.3 is 20.7 Å². The normalized spacial score (nSPS) is 25.5. The first-order valence-electron chi connectivity index (χ1n) is 6.13. The van der Waals surface area contributed by atoms with Gasteiger partial charge in [-0.1, -0.05) is 0 Å². The molecule has 1 aromatic heterocycles. The fraction of sp³-hybridized carbons (Fsp3) is 0.556. The predicted molar refractivity (Wildman–Crippen MR) is 79.6 cm³/mol. The van der Waals surface area contributed by atoms with Gasteiger partial charge in [0.2, 0.25) is 0 Å². The molecule has 11 nitrogen and oxygen atoms in total. The third-order valence-corrected chi connectivity index (χ3v) is 4.25. The molecule has 2 unspecified atom stereocenters. The zero-order chi connectivity index (χ0) is 17.2. The number of nitrogens with zero attached hydrogens (tertiary/aromatic N) is 1. The first-order chi connectivity index (χ1) is 10.7. The Balaban J connectivity index is 2.25.